The first-order chi connectivity index (χ1) is 23.8. The normalized spacial score (nSPS) is 11.2. The molecule has 0 fully saturated rings. The fourth-order valence-corrected chi connectivity index (χ4v) is 3.72. The van der Waals surface area contributed by atoms with Crippen LogP contribution in [0.2, 0.25) is 10.6 Å². The topological polar surface area (TPSA) is 210 Å². The highest BCUT2D eigenvalue weighted by atomic mass is 35.5. The SMILES string of the molecule is CC(C)(C)OC(=O)OC(=O)OC(C)(C)C.Cc1cc(Nc2nc(Cl)ncc2C)n[nH]1.Cc1cnc(Cl)nc1Nc1cc(C)n(C(=O)OC(C)(C)C)n1. The summed E-state index contributed by atoms with van der Waals surface area (Å²) in [6.45, 7) is 22.9. The molecule has 52 heavy (non-hydrogen) atoms. The monoisotopic (exact) mass is 764 g/mol. The van der Waals surface area contributed by atoms with Crippen LogP contribution < -0.4 is 10.6 Å². The zero-order valence-electron chi connectivity index (χ0n) is 31.6. The van der Waals surface area contributed by atoms with Crippen molar-refractivity contribution in [3.8, 4) is 0 Å². The molecule has 0 atom stereocenters. The lowest BCUT2D eigenvalue weighted by Crippen LogP contribution is -2.29. The fraction of sp³-hybridized carbons (Fsp3) is 0.485. The van der Waals surface area contributed by atoms with Crippen molar-refractivity contribution in [1.29, 1.82) is 0 Å². The number of hydrogen-bond donors (Lipinski definition) is 3. The van der Waals surface area contributed by atoms with E-state index in [0.717, 1.165) is 16.8 Å². The summed E-state index contributed by atoms with van der Waals surface area (Å²) in [6.07, 6.45) is 0.621. The largest absolute Gasteiger partial charge is 0.519 e. The van der Waals surface area contributed by atoms with Crippen molar-refractivity contribution in [3.63, 3.8) is 0 Å². The van der Waals surface area contributed by atoms with Gasteiger partial charge in [-0.05, 0) is 113 Å². The summed E-state index contributed by atoms with van der Waals surface area (Å²) in [4.78, 5) is 50.0. The number of carbonyl (C=O) groups is 3. The van der Waals surface area contributed by atoms with Gasteiger partial charge in [-0.25, -0.2) is 34.3 Å². The van der Waals surface area contributed by atoms with Crippen molar-refractivity contribution in [1.82, 2.24) is 39.9 Å². The van der Waals surface area contributed by atoms with Crippen LogP contribution in [0.15, 0.2) is 24.5 Å². The van der Waals surface area contributed by atoms with E-state index in [1.807, 2.05) is 26.8 Å². The summed E-state index contributed by atoms with van der Waals surface area (Å²) < 4.78 is 20.3. The van der Waals surface area contributed by atoms with E-state index in [-0.39, 0.29) is 10.6 Å². The Kier molecular flexibility index (Phi) is 14.9. The van der Waals surface area contributed by atoms with Gasteiger partial charge in [0.15, 0.2) is 11.6 Å². The van der Waals surface area contributed by atoms with Crippen molar-refractivity contribution in [2.45, 2.75) is 107 Å². The summed E-state index contributed by atoms with van der Waals surface area (Å²) in [5.74, 6) is 2.39. The third-order valence-electron chi connectivity index (χ3n) is 5.48. The van der Waals surface area contributed by atoms with E-state index in [4.69, 9.17) is 37.4 Å². The van der Waals surface area contributed by atoms with Gasteiger partial charge in [-0.2, -0.15) is 9.78 Å². The first kappa shape index (κ1) is 43.1. The Morgan fingerprint density at radius 1 is 0.692 bits per heavy atom. The van der Waals surface area contributed by atoms with Crippen LogP contribution in [-0.4, -0.2) is 75.1 Å². The van der Waals surface area contributed by atoms with E-state index in [1.165, 1.54) is 4.68 Å². The maximum atomic E-state index is 12.1. The second-order valence-corrected chi connectivity index (χ2v) is 14.8. The van der Waals surface area contributed by atoms with E-state index in [0.29, 0.717) is 29.0 Å². The van der Waals surface area contributed by atoms with Gasteiger partial charge in [0.25, 0.3) is 0 Å². The molecule has 0 aliphatic carbocycles. The first-order valence-corrected chi connectivity index (χ1v) is 16.5. The van der Waals surface area contributed by atoms with E-state index >= 15 is 0 Å². The summed E-state index contributed by atoms with van der Waals surface area (Å²) in [5.41, 5.74) is 1.39. The molecule has 0 aliphatic heterocycles. The standard InChI is InChI=1S/C14H18ClN5O2.C10H18O5.C9H10ClN5/c1-8-7-16-12(15)18-11(8)17-10-6-9(2)20(19-10)13(21)22-14(3,4)5;1-9(2,3)14-7(11)13-8(12)15-10(4,5)6;1-5-4-11-9(10)13-8(5)12-7-3-6(2)14-15-7/h6-7H,1-5H3,(H,16,17,18,19);1-6H3;3-4H,1-2H3,(H2,11,12,13,14,15). The Hall–Kier alpha value is -5.03. The Bertz CT molecular complexity index is 1820. The van der Waals surface area contributed by atoms with Gasteiger partial charge in [0.1, 0.15) is 28.4 Å². The third kappa shape index (κ3) is 16.3. The number of carbonyl (C=O) groups excluding carboxylic acids is 3. The Morgan fingerprint density at radius 3 is 1.54 bits per heavy atom. The van der Waals surface area contributed by atoms with Crippen LogP contribution in [-0.2, 0) is 18.9 Å². The molecule has 0 saturated carbocycles. The quantitative estimate of drug-likeness (QED) is 0.0769. The lowest BCUT2D eigenvalue weighted by molar-refractivity contribution is -0.0294. The molecule has 284 valence electrons. The summed E-state index contributed by atoms with van der Waals surface area (Å²) in [6, 6.07) is 3.61. The average molecular weight is 766 g/mol. The number of nitrogens with one attached hydrogen (secondary N) is 3. The molecule has 17 nitrogen and oxygen atoms in total. The lowest BCUT2D eigenvalue weighted by atomic mass is 10.2. The van der Waals surface area contributed by atoms with Gasteiger partial charge in [-0.15, -0.1) is 5.10 Å². The molecule has 0 amide bonds. The number of nitrogens with zero attached hydrogens (tertiary/aromatic N) is 7. The molecule has 4 heterocycles. The number of H-pyrrole nitrogens is 1. The highest BCUT2D eigenvalue weighted by Gasteiger charge is 2.24. The molecule has 4 aromatic rings. The smallest absolute Gasteiger partial charge is 0.442 e. The number of rotatable bonds is 4. The fourth-order valence-electron chi connectivity index (χ4n) is 3.45. The number of aryl methyl sites for hydroxylation is 4. The van der Waals surface area contributed by atoms with Gasteiger partial charge in [0, 0.05) is 47.0 Å². The van der Waals surface area contributed by atoms with Gasteiger partial charge in [-0.3, -0.25) is 5.10 Å². The van der Waals surface area contributed by atoms with E-state index in [9.17, 15) is 14.4 Å². The van der Waals surface area contributed by atoms with Crippen molar-refractivity contribution >= 4 is 64.9 Å². The number of hydrogen-bond acceptors (Lipinski definition) is 15. The van der Waals surface area contributed by atoms with Crippen molar-refractivity contribution in [3.05, 3.63) is 57.6 Å². The van der Waals surface area contributed by atoms with Gasteiger partial charge in [0.05, 0.1) is 0 Å². The van der Waals surface area contributed by atoms with Crippen LogP contribution in [0.25, 0.3) is 0 Å². The second kappa shape index (κ2) is 17.9. The molecule has 19 heteroatoms. The Balaban J connectivity index is 0.000000279. The summed E-state index contributed by atoms with van der Waals surface area (Å²) >= 11 is 11.5. The molecular weight excluding hydrogens is 719 g/mol. The highest BCUT2D eigenvalue weighted by molar-refractivity contribution is 6.28. The van der Waals surface area contributed by atoms with Gasteiger partial charge in [-0.1, -0.05) is 0 Å². The van der Waals surface area contributed by atoms with Crippen molar-refractivity contribution < 1.29 is 33.3 Å². The van der Waals surface area contributed by atoms with Gasteiger partial charge >= 0.3 is 18.4 Å². The third-order valence-corrected chi connectivity index (χ3v) is 5.85. The molecule has 0 saturated heterocycles. The Labute approximate surface area is 312 Å². The molecule has 4 rings (SSSR count). The lowest BCUT2D eigenvalue weighted by Gasteiger charge is -2.20. The molecule has 0 radical (unpaired) electrons. The maximum Gasteiger partial charge on any atom is 0.519 e. The molecule has 0 bridgehead atoms. The molecule has 0 unspecified atom stereocenters. The minimum absolute atomic E-state index is 0.136. The average Bonchev–Trinajstić information content (AvgIpc) is 3.54. The first-order valence-electron chi connectivity index (χ1n) is 15.8. The Morgan fingerprint density at radius 2 is 1.13 bits per heavy atom. The van der Waals surface area contributed by atoms with Gasteiger partial charge < -0.3 is 29.6 Å². The minimum Gasteiger partial charge on any atom is -0.442 e. The van der Waals surface area contributed by atoms with Crippen molar-refractivity contribution in [2.24, 2.45) is 0 Å². The number of anilines is 4. The summed E-state index contributed by atoms with van der Waals surface area (Å²) in [5, 5.41) is 17.5. The number of ether oxygens (including phenoxy) is 4. The zero-order valence-corrected chi connectivity index (χ0v) is 33.1. The number of aromatic amines is 1. The number of aromatic nitrogens is 8. The molecule has 3 N–H and O–H groups in total. The molecular formula is C33H46Cl2N10O7. The van der Waals surface area contributed by atoms with Crippen LogP contribution in [0.3, 0.4) is 0 Å². The highest BCUT2D eigenvalue weighted by Crippen LogP contribution is 2.21. The van der Waals surface area contributed by atoms with Crippen LogP contribution in [0.4, 0.5) is 37.7 Å². The molecule has 0 spiro atoms. The second-order valence-electron chi connectivity index (χ2n) is 14.1. The van der Waals surface area contributed by atoms with Crippen LogP contribution in [0.1, 0.15) is 84.8 Å². The van der Waals surface area contributed by atoms with Gasteiger partial charge in [0.2, 0.25) is 10.6 Å². The van der Waals surface area contributed by atoms with Crippen molar-refractivity contribution in [2.75, 3.05) is 10.6 Å². The number of halogens is 2. The maximum absolute atomic E-state index is 12.1. The molecule has 4 aromatic heterocycles. The van der Waals surface area contributed by atoms with Crippen LogP contribution in [0, 0.1) is 27.7 Å². The predicted octanol–water partition coefficient (Wildman–Crippen LogP) is 8.56. The summed E-state index contributed by atoms with van der Waals surface area (Å²) in [7, 11) is 0. The van der Waals surface area contributed by atoms with E-state index < -0.39 is 35.2 Å². The zero-order chi connectivity index (χ0) is 39.6. The van der Waals surface area contributed by atoms with E-state index in [1.54, 1.807) is 87.7 Å². The van der Waals surface area contributed by atoms with Crippen LogP contribution in [0.5, 0.6) is 0 Å². The molecule has 0 aliphatic rings. The van der Waals surface area contributed by atoms with E-state index in [2.05, 4.69) is 50.6 Å². The predicted molar refractivity (Wildman–Crippen MR) is 196 cm³/mol. The minimum atomic E-state index is -1.06. The molecule has 0 aromatic carbocycles. The van der Waals surface area contributed by atoms with Crippen LogP contribution >= 0.6 is 23.2 Å².